The van der Waals surface area contributed by atoms with Crippen LogP contribution in [0.2, 0.25) is 0 Å². The van der Waals surface area contributed by atoms with Gasteiger partial charge in [-0.1, -0.05) is 18.0 Å². The highest BCUT2D eigenvalue weighted by molar-refractivity contribution is 5.95. The van der Waals surface area contributed by atoms with Gasteiger partial charge in [-0.3, -0.25) is 4.79 Å². The smallest absolute Gasteiger partial charge is 0.340 e. The summed E-state index contributed by atoms with van der Waals surface area (Å²) in [6, 6.07) is 0.772. The van der Waals surface area contributed by atoms with Gasteiger partial charge < -0.3 is 9.84 Å². The van der Waals surface area contributed by atoms with Crippen LogP contribution in [0.3, 0.4) is 0 Å². The van der Waals surface area contributed by atoms with Gasteiger partial charge in [0, 0.05) is 12.5 Å². The van der Waals surface area contributed by atoms with Crippen molar-refractivity contribution in [1.29, 1.82) is 0 Å². The number of carbonyl (C=O) groups excluding carboxylic acids is 1. The van der Waals surface area contributed by atoms with E-state index in [0.29, 0.717) is 37.8 Å². The van der Waals surface area contributed by atoms with Gasteiger partial charge in [-0.25, -0.2) is 0 Å². The molecule has 0 aliphatic heterocycles. The Kier molecular flexibility index (Phi) is 4.88. The Morgan fingerprint density at radius 3 is 2.00 bits per heavy atom. The maximum Gasteiger partial charge on any atom is 0.416 e. The summed E-state index contributed by atoms with van der Waals surface area (Å²) >= 11 is 0. The van der Waals surface area contributed by atoms with Crippen LogP contribution in [0.4, 0.5) is 26.3 Å². The number of nitrogens with zero attached hydrogens (tertiary/aromatic N) is 2. The van der Waals surface area contributed by atoms with E-state index in [-0.39, 0.29) is 17.8 Å². The molecule has 0 atom stereocenters. The van der Waals surface area contributed by atoms with E-state index in [0.717, 1.165) is 0 Å². The summed E-state index contributed by atoms with van der Waals surface area (Å²) in [4.78, 5) is 16.7. The lowest BCUT2D eigenvalue weighted by Crippen LogP contribution is -2.44. The number of alkyl halides is 6. The number of nitrogens with one attached hydrogen (secondary N) is 1. The van der Waals surface area contributed by atoms with Crippen LogP contribution < -0.4 is 5.32 Å². The van der Waals surface area contributed by atoms with E-state index in [1.54, 1.807) is 0 Å². The van der Waals surface area contributed by atoms with Gasteiger partial charge in [0.25, 0.3) is 5.91 Å². The predicted molar refractivity (Wildman–Crippen MR) is 83.1 cm³/mol. The molecule has 1 aromatic carbocycles. The molecular weight excluding hydrogens is 392 g/mol. The average molecular weight is 407 g/mol. The molecule has 0 saturated heterocycles. The quantitative estimate of drug-likeness (QED) is 0.755. The van der Waals surface area contributed by atoms with Crippen LogP contribution >= 0.6 is 0 Å². The second-order valence-electron chi connectivity index (χ2n) is 6.67. The third kappa shape index (κ3) is 3.97. The summed E-state index contributed by atoms with van der Waals surface area (Å²) in [6.07, 6.45) is -7.92. The van der Waals surface area contributed by atoms with Crippen LogP contribution in [0.25, 0.3) is 0 Å². The summed E-state index contributed by atoms with van der Waals surface area (Å²) in [5.74, 6) is -0.686. The fourth-order valence-corrected chi connectivity index (χ4v) is 3.25. The highest BCUT2D eigenvalue weighted by Gasteiger charge is 2.42. The van der Waals surface area contributed by atoms with Crippen LogP contribution in [-0.2, 0) is 17.9 Å². The van der Waals surface area contributed by atoms with Crippen molar-refractivity contribution in [3.63, 3.8) is 0 Å². The summed E-state index contributed by atoms with van der Waals surface area (Å²) in [7, 11) is 0. The van der Waals surface area contributed by atoms with Crippen molar-refractivity contribution in [2.45, 2.75) is 50.5 Å². The molecule has 5 nitrogen and oxygen atoms in total. The maximum atomic E-state index is 13.0. The molecule has 0 unspecified atom stereocenters. The Morgan fingerprint density at radius 1 is 1.04 bits per heavy atom. The Labute approximate surface area is 155 Å². The van der Waals surface area contributed by atoms with E-state index in [1.807, 2.05) is 0 Å². The molecule has 1 fully saturated rings. The van der Waals surface area contributed by atoms with E-state index >= 15 is 0 Å². The molecule has 1 aliphatic carbocycles. The predicted octanol–water partition coefficient (Wildman–Crippen LogP) is 4.61. The first-order valence-electron chi connectivity index (χ1n) is 8.33. The molecule has 11 heteroatoms. The molecule has 1 heterocycles. The van der Waals surface area contributed by atoms with Crippen molar-refractivity contribution in [2.75, 3.05) is 0 Å². The zero-order valence-corrected chi connectivity index (χ0v) is 14.5. The molecule has 3 rings (SSSR count). The number of benzene rings is 1. The molecule has 0 radical (unpaired) electrons. The number of carbonyl (C=O) groups is 1. The number of hydrogen-bond donors (Lipinski definition) is 1. The molecule has 0 spiro atoms. The number of amides is 1. The fraction of sp³-hybridized carbons (Fsp3) is 0.471. The third-order valence-corrected chi connectivity index (χ3v) is 4.62. The summed E-state index contributed by atoms with van der Waals surface area (Å²) < 4.78 is 83.0. The zero-order chi connectivity index (χ0) is 20.7. The average Bonchev–Trinajstić information content (AvgIpc) is 3.23. The van der Waals surface area contributed by atoms with Gasteiger partial charge in [-0.15, -0.1) is 0 Å². The molecule has 28 heavy (non-hydrogen) atoms. The minimum absolute atomic E-state index is 0.0232. The van der Waals surface area contributed by atoms with E-state index in [1.165, 1.54) is 6.92 Å². The molecule has 1 aromatic heterocycles. The number of aromatic nitrogens is 2. The van der Waals surface area contributed by atoms with Crippen LogP contribution in [0.5, 0.6) is 0 Å². The van der Waals surface area contributed by atoms with Crippen LogP contribution in [0.1, 0.15) is 58.9 Å². The van der Waals surface area contributed by atoms with Crippen molar-refractivity contribution in [2.24, 2.45) is 0 Å². The Morgan fingerprint density at radius 2 is 1.57 bits per heavy atom. The number of aryl methyl sites for hydroxylation is 1. The first-order chi connectivity index (χ1) is 12.9. The first-order valence-corrected chi connectivity index (χ1v) is 8.33. The maximum absolute atomic E-state index is 13.0. The SMILES string of the molecule is Cc1nc(C2(NC(=O)c3cc(C(F)(F)F)cc(C(F)(F)F)c3)CCCC2)no1. The van der Waals surface area contributed by atoms with Gasteiger partial charge in [-0.2, -0.15) is 31.3 Å². The van der Waals surface area contributed by atoms with Crippen LogP contribution in [0.15, 0.2) is 22.7 Å². The second kappa shape index (κ2) is 6.78. The normalized spacial score (nSPS) is 17.0. The standard InChI is InChI=1S/C17H15F6N3O2/c1-9-24-14(26-28-9)15(4-2-3-5-15)25-13(27)10-6-11(16(18,19)20)8-12(7-10)17(21,22)23/h6-8H,2-5H2,1H3,(H,25,27). The zero-order valence-electron chi connectivity index (χ0n) is 14.5. The Balaban J connectivity index is 1.99. The first kappa shape index (κ1) is 20.2. The van der Waals surface area contributed by atoms with Gasteiger partial charge in [0.2, 0.25) is 5.89 Å². The monoisotopic (exact) mass is 407 g/mol. The van der Waals surface area contributed by atoms with Crippen molar-refractivity contribution in [1.82, 2.24) is 15.5 Å². The van der Waals surface area contributed by atoms with Crippen molar-refractivity contribution in [3.05, 3.63) is 46.6 Å². The summed E-state index contributed by atoms with van der Waals surface area (Å²) in [5, 5.41) is 6.31. The highest BCUT2D eigenvalue weighted by Crippen LogP contribution is 2.39. The molecule has 1 aliphatic rings. The minimum atomic E-state index is -5.04. The molecule has 1 amide bonds. The number of hydrogen-bond acceptors (Lipinski definition) is 4. The van der Waals surface area contributed by atoms with Gasteiger partial charge >= 0.3 is 12.4 Å². The molecule has 2 aromatic rings. The summed E-state index contributed by atoms with van der Waals surface area (Å²) in [6.45, 7) is 1.53. The molecule has 0 bridgehead atoms. The molecule has 152 valence electrons. The van der Waals surface area contributed by atoms with Gasteiger partial charge in [-0.05, 0) is 31.0 Å². The topological polar surface area (TPSA) is 68.0 Å². The van der Waals surface area contributed by atoms with E-state index < -0.39 is 40.5 Å². The lowest BCUT2D eigenvalue weighted by Gasteiger charge is -2.27. The minimum Gasteiger partial charge on any atom is -0.340 e. The van der Waals surface area contributed by atoms with Crippen LogP contribution in [0, 0.1) is 6.92 Å². The van der Waals surface area contributed by atoms with Crippen molar-refractivity contribution >= 4 is 5.91 Å². The highest BCUT2D eigenvalue weighted by atomic mass is 19.4. The lowest BCUT2D eigenvalue weighted by atomic mass is 9.95. The van der Waals surface area contributed by atoms with E-state index in [4.69, 9.17) is 4.52 Å². The van der Waals surface area contributed by atoms with E-state index in [2.05, 4.69) is 15.5 Å². The molecule has 1 N–H and O–H groups in total. The Hall–Kier alpha value is -2.59. The molecular formula is C17H15F6N3O2. The van der Waals surface area contributed by atoms with Crippen LogP contribution in [-0.4, -0.2) is 16.0 Å². The molecule has 1 saturated carbocycles. The Bertz CT molecular complexity index is 849. The summed E-state index contributed by atoms with van der Waals surface area (Å²) in [5.41, 5.74) is -4.94. The third-order valence-electron chi connectivity index (χ3n) is 4.62. The number of halogens is 6. The van der Waals surface area contributed by atoms with Gasteiger partial charge in [0.1, 0.15) is 5.54 Å². The fourth-order valence-electron chi connectivity index (χ4n) is 3.25. The largest absolute Gasteiger partial charge is 0.416 e. The van der Waals surface area contributed by atoms with Crippen molar-refractivity contribution < 1.29 is 35.7 Å². The lowest BCUT2D eigenvalue weighted by molar-refractivity contribution is -0.143. The van der Waals surface area contributed by atoms with Crippen molar-refractivity contribution in [3.8, 4) is 0 Å². The second-order valence-corrected chi connectivity index (χ2v) is 6.67. The van der Waals surface area contributed by atoms with Gasteiger partial charge in [0.05, 0.1) is 11.1 Å². The number of rotatable bonds is 3. The van der Waals surface area contributed by atoms with Gasteiger partial charge in [0.15, 0.2) is 5.82 Å². The van der Waals surface area contributed by atoms with E-state index in [9.17, 15) is 31.1 Å².